The molecule has 0 bridgehead atoms. The molecule has 124 valence electrons. The monoisotopic (exact) mass is 350 g/mol. The number of hydrogen-bond donors (Lipinski definition) is 1. The van der Waals surface area contributed by atoms with Gasteiger partial charge in [0.25, 0.3) is 5.91 Å². The topological polar surface area (TPSA) is 88.1 Å². The van der Waals surface area contributed by atoms with Crippen LogP contribution in [-0.4, -0.2) is 31.3 Å². The summed E-state index contributed by atoms with van der Waals surface area (Å²) in [7, 11) is -2.82. The van der Waals surface area contributed by atoms with Crippen molar-refractivity contribution in [2.75, 3.05) is 6.26 Å². The first-order valence-electron chi connectivity index (χ1n) is 7.31. The molecule has 0 radical (unpaired) electrons. The maximum atomic E-state index is 12.7. The van der Waals surface area contributed by atoms with Crippen molar-refractivity contribution in [3.05, 3.63) is 78.1 Å². The van der Waals surface area contributed by atoms with Crippen molar-refractivity contribution in [2.45, 2.75) is 4.90 Å². The van der Waals surface area contributed by atoms with Crippen LogP contribution in [0.5, 0.6) is 0 Å². The third-order valence-corrected chi connectivity index (χ3v) is 4.92. The number of carbonyl (C=O) groups is 1. The van der Waals surface area contributed by atoms with Gasteiger partial charge in [-0.1, -0.05) is 24.1 Å². The highest BCUT2D eigenvalue weighted by molar-refractivity contribution is 7.93. The number of aromatic nitrogens is 3. The van der Waals surface area contributed by atoms with Gasteiger partial charge < -0.3 is 4.98 Å². The smallest absolute Gasteiger partial charge is 0.286 e. The van der Waals surface area contributed by atoms with Crippen LogP contribution in [0.4, 0.5) is 0 Å². The number of pyridine rings is 1. The summed E-state index contributed by atoms with van der Waals surface area (Å²) in [6, 6.07) is 10.3. The Hall–Kier alpha value is -3.24. The Kier molecular flexibility index (Phi) is 4.73. The van der Waals surface area contributed by atoms with Crippen LogP contribution in [-0.2, 0) is 9.73 Å². The molecule has 0 unspecified atom stereocenters. The molecule has 0 aliphatic carbocycles. The molecule has 0 saturated carbocycles. The lowest BCUT2D eigenvalue weighted by atomic mass is 10.2. The van der Waals surface area contributed by atoms with Gasteiger partial charge in [0.2, 0.25) is 0 Å². The second kappa shape index (κ2) is 7.11. The molecule has 0 saturated heterocycles. The average Bonchev–Trinajstić information content (AvgIpc) is 3.14. The van der Waals surface area contributed by atoms with Gasteiger partial charge in [0, 0.05) is 29.1 Å². The van der Waals surface area contributed by atoms with Gasteiger partial charge in [0.1, 0.15) is 5.69 Å². The molecule has 1 aromatic carbocycles. The van der Waals surface area contributed by atoms with E-state index in [9.17, 15) is 9.00 Å². The molecule has 1 N–H and O–H groups in total. The Bertz CT molecular complexity index is 1070. The van der Waals surface area contributed by atoms with Crippen molar-refractivity contribution in [1.29, 1.82) is 0 Å². The molecule has 2 heterocycles. The van der Waals surface area contributed by atoms with Gasteiger partial charge in [0.15, 0.2) is 0 Å². The van der Waals surface area contributed by atoms with Crippen molar-refractivity contribution < 1.29 is 9.00 Å². The number of aromatic amines is 1. The number of hydrogen-bond acceptors (Lipinski definition) is 4. The van der Waals surface area contributed by atoms with E-state index in [0.717, 1.165) is 0 Å². The van der Waals surface area contributed by atoms with Crippen molar-refractivity contribution >= 4 is 15.6 Å². The minimum atomic E-state index is -2.82. The zero-order valence-electron chi connectivity index (χ0n) is 13.3. The van der Waals surface area contributed by atoms with Gasteiger partial charge >= 0.3 is 0 Å². The maximum absolute atomic E-state index is 12.7. The Morgan fingerprint density at radius 3 is 2.64 bits per heavy atom. The summed E-state index contributed by atoms with van der Waals surface area (Å²) >= 11 is 0. The largest absolute Gasteiger partial charge is 0.338 e. The van der Waals surface area contributed by atoms with Crippen LogP contribution < -0.4 is 0 Å². The predicted molar refractivity (Wildman–Crippen MR) is 94.3 cm³/mol. The van der Waals surface area contributed by atoms with E-state index in [4.69, 9.17) is 0 Å². The van der Waals surface area contributed by atoms with Gasteiger partial charge in [-0.3, -0.25) is 9.78 Å². The second-order valence-electron chi connectivity index (χ2n) is 5.19. The lowest BCUT2D eigenvalue weighted by Crippen LogP contribution is -2.04. The van der Waals surface area contributed by atoms with E-state index in [1.54, 1.807) is 42.7 Å². The fourth-order valence-electron chi connectivity index (χ4n) is 2.03. The van der Waals surface area contributed by atoms with E-state index in [1.807, 2.05) is 6.07 Å². The summed E-state index contributed by atoms with van der Waals surface area (Å²) < 4.78 is 16.6. The first-order chi connectivity index (χ1) is 12.0. The van der Waals surface area contributed by atoms with Crippen LogP contribution >= 0.6 is 0 Å². The third-order valence-electron chi connectivity index (χ3n) is 3.26. The number of nitrogens with one attached hydrogen (secondary N) is 1. The highest BCUT2D eigenvalue weighted by atomic mass is 32.2. The molecule has 7 heteroatoms. The van der Waals surface area contributed by atoms with Crippen molar-refractivity contribution in [1.82, 2.24) is 15.0 Å². The van der Waals surface area contributed by atoms with Crippen LogP contribution in [0.25, 0.3) is 0 Å². The van der Waals surface area contributed by atoms with E-state index in [1.165, 1.54) is 18.8 Å². The number of benzene rings is 1. The lowest BCUT2D eigenvalue weighted by molar-refractivity contribution is 0.100. The molecule has 25 heavy (non-hydrogen) atoms. The first kappa shape index (κ1) is 16.6. The van der Waals surface area contributed by atoms with Crippen LogP contribution in [0.2, 0.25) is 0 Å². The van der Waals surface area contributed by atoms with E-state index >= 15 is 0 Å². The minimum Gasteiger partial charge on any atom is -0.338 e. The third kappa shape index (κ3) is 4.19. The second-order valence-corrected chi connectivity index (χ2v) is 7.45. The molecule has 3 aromatic rings. The lowest BCUT2D eigenvalue weighted by Gasteiger charge is -2.03. The molecule has 0 aliphatic heterocycles. The van der Waals surface area contributed by atoms with Crippen molar-refractivity contribution in [3.63, 3.8) is 0 Å². The Morgan fingerprint density at radius 1 is 1.12 bits per heavy atom. The number of amides is 1. The molecule has 2 aromatic heterocycles. The van der Waals surface area contributed by atoms with Gasteiger partial charge in [-0.25, -0.2) is 9.19 Å². The summed E-state index contributed by atoms with van der Waals surface area (Å²) in [6.45, 7) is 0. The number of carbonyl (C=O) groups excluding carboxylic acids is 1. The molecule has 1 atom stereocenters. The van der Waals surface area contributed by atoms with Crippen LogP contribution in [0.3, 0.4) is 0 Å². The van der Waals surface area contributed by atoms with Gasteiger partial charge in [0.05, 0.1) is 27.8 Å². The van der Waals surface area contributed by atoms with Crippen LogP contribution in [0.1, 0.15) is 21.6 Å². The standard InChI is InChI=1S/C18H14N4O2S/c1-25(24,17-5-3-2-4-6-17)22-18(23)15-9-14(10-19-11-15)7-8-16-12-20-13-21-16/h2-6,9-13H,1H3,(H,20,21)/t25-/m0/s1. The molecule has 0 aliphatic rings. The Balaban J connectivity index is 1.89. The number of nitrogens with zero attached hydrogens (tertiary/aromatic N) is 3. The molecular weight excluding hydrogens is 336 g/mol. The summed E-state index contributed by atoms with van der Waals surface area (Å²) in [5, 5.41) is 0. The van der Waals surface area contributed by atoms with Gasteiger partial charge in [-0.2, -0.15) is 4.36 Å². The molecule has 3 rings (SSSR count). The number of imidazole rings is 1. The SMILES string of the molecule is C[S@@](=O)(=NC(=O)c1cncc(C#Cc2cnc[nH]2)c1)c1ccccc1. The summed E-state index contributed by atoms with van der Waals surface area (Å²) in [4.78, 5) is 23.6. The first-order valence-corrected chi connectivity index (χ1v) is 9.24. The fraction of sp³-hybridized carbons (Fsp3) is 0.0556. The van der Waals surface area contributed by atoms with Crippen molar-refractivity contribution in [2.24, 2.45) is 4.36 Å². The van der Waals surface area contributed by atoms with Gasteiger partial charge in [-0.15, -0.1) is 0 Å². The normalized spacial score (nSPS) is 12.5. The maximum Gasteiger partial charge on any atom is 0.286 e. The van der Waals surface area contributed by atoms with Crippen LogP contribution in [0.15, 0.2) is 70.6 Å². The van der Waals surface area contributed by atoms with Crippen molar-refractivity contribution in [3.8, 4) is 11.8 Å². The predicted octanol–water partition coefficient (Wildman–Crippen LogP) is 2.50. The minimum absolute atomic E-state index is 0.238. The van der Waals surface area contributed by atoms with Crippen LogP contribution in [0, 0.1) is 11.8 Å². The summed E-state index contributed by atoms with van der Waals surface area (Å²) in [5.74, 6) is 5.17. The van der Waals surface area contributed by atoms with E-state index < -0.39 is 15.6 Å². The van der Waals surface area contributed by atoms with E-state index in [2.05, 4.69) is 31.2 Å². The quantitative estimate of drug-likeness (QED) is 0.719. The summed E-state index contributed by atoms with van der Waals surface area (Å²) in [6.07, 6.45) is 7.49. The van der Waals surface area contributed by atoms with Gasteiger partial charge in [-0.05, 0) is 24.1 Å². The highest BCUT2D eigenvalue weighted by Crippen LogP contribution is 2.13. The van der Waals surface area contributed by atoms with E-state index in [-0.39, 0.29) is 5.56 Å². The Morgan fingerprint density at radius 2 is 1.92 bits per heavy atom. The molecule has 0 fully saturated rings. The van der Waals surface area contributed by atoms with E-state index in [0.29, 0.717) is 16.2 Å². The molecule has 0 spiro atoms. The average molecular weight is 350 g/mol. The zero-order chi connectivity index (χ0) is 17.7. The number of rotatable bonds is 2. The molecule has 6 nitrogen and oxygen atoms in total. The highest BCUT2D eigenvalue weighted by Gasteiger charge is 2.11. The molecular formula is C18H14N4O2S. The fourth-order valence-corrected chi connectivity index (χ4v) is 3.21. The number of H-pyrrole nitrogens is 1. The summed E-state index contributed by atoms with van der Waals surface area (Å²) in [5.41, 5.74) is 1.45. The zero-order valence-corrected chi connectivity index (χ0v) is 14.2. The molecule has 1 amide bonds. The Labute approximate surface area is 145 Å².